The van der Waals surface area contributed by atoms with Crippen molar-refractivity contribution in [1.29, 1.82) is 0 Å². The summed E-state index contributed by atoms with van der Waals surface area (Å²) in [5.74, 6) is 0.994. The van der Waals surface area contributed by atoms with Crippen LogP contribution in [-0.2, 0) is 0 Å². The van der Waals surface area contributed by atoms with Crippen molar-refractivity contribution in [2.45, 2.75) is 25.8 Å². The molecule has 4 rings (SSSR count). The van der Waals surface area contributed by atoms with Crippen molar-refractivity contribution in [2.75, 3.05) is 18.4 Å². The number of nitrogens with zero attached hydrogens (tertiary/aromatic N) is 5. The summed E-state index contributed by atoms with van der Waals surface area (Å²) < 4.78 is 0. The van der Waals surface area contributed by atoms with E-state index in [0.29, 0.717) is 40.3 Å². The van der Waals surface area contributed by atoms with Crippen LogP contribution in [-0.4, -0.2) is 49.9 Å². The first kappa shape index (κ1) is 20.6. The van der Waals surface area contributed by atoms with Gasteiger partial charge in [-0.05, 0) is 49.1 Å². The average Bonchev–Trinajstić information content (AvgIpc) is 3.28. The third kappa shape index (κ3) is 4.42. The molecule has 0 spiro atoms. The van der Waals surface area contributed by atoms with Crippen LogP contribution in [0.25, 0.3) is 5.69 Å². The van der Waals surface area contributed by atoms with Gasteiger partial charge in [-0.25, -0.2) is 4.98 Å². The zero-order valence-corrected chi connectivity index (χ0v) is 18.0. The van der Waals surface area contributed by atoms with Gasteiger partial charge in [-0.1, -0.05) is 30.1 Å². The van der Waals surface area contributed by atoms with E-state index < -0.39 is 0 Å². The van der Waals surface area contributed by atoms with E-state index in [1.807, 2.05) is 11.0 Å². The van der Waals surface area contributed by atoms with Crippen molar-refractivity contribution in [3.05, 3.63) is 64.5 Å². The number of benzene rings is 1. The number of rotatable bonds is 5. The van der Waals surface area contributed by atoms with Gasteiger partial charge < -0.3 is 10.2 Å². The minimum Gasteiger partial charge on any atom is -0.368 e. The van der Waals surface area contributed by atoms with Crippen molar-refractivity contribution in [2.24, 2.45) is 5.92 Å². The molecule has 0 bridgehead atoms. The summed E-state index contributed by atoms with van der Waals surface area (Å²) in [5, 5.41) is 12.8. The van der Waals surface area contributed by atoms with E-state index in [-0.39, 0.29) is 11.9 Å². The highest BCUT2D eigenvalue weighted by atomic mass is 35.5. The highest BCUT2D eigenvalue weighted by Gasteiger charge is 2.33. The normalized spacial score (nSPS) is 19.0. The van der Waals surface area contributed by atoms with Gasteiger partial charge in [0, 0.05) is 24.3 Å². The Bertz CT molecular complexity index is 1010. The lowest BCUT2D eigenvalue weighted by Gasteiger charge is -2.40. The number of amides is 1. The summed E-state index contributed by atoms with van der Waals surface area (Å²) in [7, 11) is 0. The molecule has 9 heteroatoms. The van der Waals surface area contributed by atoms with Crippen LogP contribution < -0.4 is 5.32 Å². The summed E-state index contributed by atoms with van der Waals surface area (Å²) in [6, 6.07) is 8.84. The fourth-order valence-electron chi connectivity index (χ4n) is 3.85. The Morgan fingerprint density at radius 3 is 2.67 bits per heavy atom. The number of aromatic nitrogens is 4. The zero-order valence-electron chi connectivity index (χ0n) is 16.5. The van der Waals surface area contributed by atoms with Crippen molar-refractivity contribution in [3.63, 3.8) is 0 Å². The molecule has 1 aliphatic heterocycles. The fourth-order valence-corrected chi connectivity index (χ4v) is 4.13. The predicted molar refractivity (Wildman–Crippen MR) is 117 cm³/mol. The quantitative estimate of drug-likeness (QED) is 0.633. The van der Waals surface area contributed by atoms with Crippen LogP contribution in [0, 0.1) is 5.92 Å². The standard InChI is InChI=1S/C21H22Cl2N6O/c1-14-3-2-10-28(19(14)13-25-20-7-5-16(23)12-24-20)21(30)17-11-15(22)4-6-18(17)29-26-8-9-27-29/h4-9,11-12,14,19H,2-3,10,13H2,1H3,(H,24,25). The van der Waals surface area contributed by atoms with Crippen LogP contribution >= 0.6 is 23.2 Å². The summed E-state index contributed by atoms with van der Waals surface area (Å²) >= 11 is 12.1. The molecule has 1 amide bonds. The molecule has 3 heterocycles. The Morgan fingerprint density at radius 2 is 1.93 bits per heavy atom. The molecule has 2 aromatic heterocycles. The number of hydrogen-bond acceptors (Lipinski definition) is 5. The van der Waals surface area contributed by atoms with E-state index in [1.165, 1.54) is 4.80 Å². The molecule has 1 N–H and O–H groups in total. The number of piperidine rings is 1. The number of anilines is 1. The van der Waals surface area contributed by atoms with E-state index in [2.05, 4.69) is 27.4 Å². The molecule has 3 aromatic rings. The molecular weight excluding hydrogens is 423 g/mol. The molecule has 0 aliphatic carbocycles. The van der Waals surface area contributed by atoms with E-state index in [4.69, 9.17) is 23.2 Å². The molecule has 1 aromatic carbocycles. The van der Waals surface area contributed by atoms with Crippen molar-refractivity contribution >= 4 is 34.9 Å². The van der Waals surface area contributed by atoms with Gasteiger partial charge >= 0.3 is 0 Å². The monoisotopic (exact) mass is 444 g/mol. The van der Waals surface area contributed by atoms with E-state index in [9.17, 15) is 4.79 Å². The third-order valence-corrected chi connectivity index (χ3v) is 5.88. The first-order valence-electron chi connectivity index (χ1n) is 9.85. The van der Waals surface area contributed by atoms with Crippen LogP contribution in [0.1, 0.15) is 30.1 Å². The van der Waals surface area contributed by atoms with E-state index in [0.717, 1.165) is 18.7 Å². The first-order chi connectivity index (χ1) is 14.5. The van der Waals surface area contributed by atoms with Crippen LogP contribution in [0.2, 0.25) is 10.0 Å². The Labute approximate surface area is 185 Å². The summed E-state index contributed by atoms with van der Waals surface area (Å²) in [5.41, 5.74) is 1.10. The number of likely N-dealkylation sites (tertiary alicyclic amines) is 1. The molecule has 1 aliphatic rings. The maximum Gasteiger partial charge on any atom is 0.256 e. The number of nitrogens with one attached hydrogen (secondary N) is 1. The molecule has 0 radical (unpaired) electrons. The Kier molecular flexibility index (Phi) is 6.20. The first-order valence-corrected chi connectivity index (χ1v) is 10.6. The number of halogens is 2. The Morgan fingerprint density at radius 1 is 1.17 bits per heavy atom. The van der Waals surface area contributed by atoms with E-state index in [1.54, 1.807) is 42.9 Å². The van der Waals surface area contributed by atoms with Crippen molar-refractivity contribution < 1.29 is 4.79 Å². The second-order valence-corrected chi connectivity index (χ2v) is 8.28. The number of hydrogen-bond donors (Lipinski definition) is 1. The van der Waals surface area contributed by atoms with Crippen LogP contribution in [0.15, 0.2) is 48.9 Å². The summed E-state index contributed by atoms with van der Waals surface area (Å²) in [6.07, 6.45) is 6.79. The lowest BCUT2D eigenvalue weighted by molar-refractivity contribution is 0.0539. The van der Waals surface area contributed by atoms with Gasteiger partial charge in [-0.3, -0.25) is 4.79 Å². The highest BCUT2D eigenvalue weighted by molar-refractivity contribution is 6.31. The second kappa shape index (κ2) is 9.02. The Balaban J connectivity index is 1.60. The molecule has 0 saturated carbocycles. The molecule has 30 heavy (non-hydrogen) atoms. The molecule has 1 fully saturated rings. The molecule has 7 nitrogen and oxygen atoms in total. The summed E-state index contributed by atoms with van der Waals surface area (Å²) in [6.45, 7) is 3.45. The largest absolute Gasteiger partial charge is 0.368 e. The minimum atomic E-state index is -0.0767. The lowest BCUT2D eigenvalue weighted by Crippen LogP contribution is -2.51. The van der Waals surface area contributed by atoms with E-state index >= 15 is 0 Å². The number of carbonyl (C=O) groups excluding carboxylic acids is 1. The van der Waals surface area contributed by atoms with Crippen molar-refractivity contribution in [3.8, 4) is 5.69 Å². The van der Waals surface area contributed by atoms with Gasteiger partial charge in [-0.15, -0.1) is 0 Å². The van der Waals surface area contributed by atoms with Crippen LogP contribution in [0.4, 0.5) is 5.82 Å². The minimum absolute atomic E-state index is 0.0149. The Hall–Kier alpha value is -2.64. The highest BCUT2D eigenvalue weighted by Crippen LogP contribution is 2.28. The molecule has 1 saturated heterocycles. The SMILES string of the molecule is CC1CCCN(C(=O)c2cc(Cl)ccc2-n2nccn2)C1CNc1ccc(Cl)cn1. The lowest BCUT2D eigenvalue weighted by atomic mass is 9.90. The van der Waals surface area contributed by atoms with Gasteiger partial charge in [0.1, 0.15) is 5.82 Å². The maximum atomic E-state index is 13.6. The number of carbonyl (C=O) groups is 1. The van der Waals surface area contributed by atoms with Gasteiger partial charge in [-0.2, -0.15) is 15.0 Å². The van der Waals surface area contributed by atoms with Gasteiger partial charge in [0.05, 0.1) is 34.7 Å². The van der Waals surface area contributed by atoms with Crippen molar-refractivity contribution in [1.82, 2.24) is 24.9 Å². The second-order valence-electron chi connectivity index (χ2n) is 7.41. The topological polar surface area (TPSA) is 75.9 Å². The summed E-state index contributed by atoms with van der Waals surface area (Å²) in [4.78, 5) is 21.3. The third-order valence-electron chi connectivity index (χ3n) is 5.42. The maximum absolute atomic E-state index is 13.6. The smallest absolute Gasteiger partial charge is 0.256 e. The fraction of sp³-hybridized carbons (Fsp3) is 0.333. The van der Waals surface area contributed by atoms with Gasteiger partial charge in [0.25, 0.3) is 5.91 Å². The predicted octanol–water partition coefficient (Wildman–Crippen LogP) is 4.32. The molecule has 2 atom stereocenters. The molecule has 2 unspecified atom stereocenters. The van der Waals surface area contributed by atoms with Crippen LogP contribution in [0.5, 0.6) is 0 Å². The van der Waals surface area contributed by atoms with Gasteiger partial charge in [0.2, 0.25) is 0 Å². The zero-order chi connectivity index (χ0) is 21.1. The molecule has 156 valence electrons. The van der Waals surface area contributed by atoms with Crippen LogP contribution in [0.3, 0.4) is 0 Å². The molecular formula is C21H22Cl2N6O. The number of pyridine rings is 1. The van der Waals surface area contributed by atoms with Gasteiger partial charge in [0.15, 0.2) is 0 Å². The average molecular weight is 445 g/mol.